The van der Waals surface area contributed by atoms with Crippen LogP contribution in [0.1, 0.15) is 23.6 Å². The number of amides is 1. The summed E-state index contributed by atoms with van der Waals surface area (Å²) in [6.45, 7) is 0.272. The quantitative estimate of drug-likeness (QED) is 0.419. The van der Waals surface area contributed by atoms with Crippen molar-refractivity contribution in [3.8, 4) is 0 Å². The van der Waals surface area contributed by atoms with E-state index in [1.807, 2.05) is 0 Å². The number of fused-ring (bicyclic) bond motifs is 1. The Morgan fingerprint density at radius 1 is 0.944 bits per heavy atom. The van der Waals surface area contributed by atoms with Crippen molar-refractivity contribution in [2.45, 2.75) is 23.8 Å². The van der Waals surface area contributed by atoms with Crippen LogP contribution in [0.15, 0.2) is 71.6 Å². The van der Waals surface area contributed by atoms with Crippen LogP contribution in [-0.2, 0) is 31.3 Å². The van der Waals surface area contributed by atoms with Gasteiger partial charge in [-0.1, -0.05) is 41.4 Å². The summed E-state index contributed by atoms with van der Waals surface area (Å²) in [5, 5.41) is 3.67. The van der Waals surface area contributed by atoms with E-state index in [9.17, 15) is 21.6 Å². The van der Waals surface area contributed by atoms with Crippen molar-refractivity contribution in [2.75, 3.05) is 22.4 Å². The smallest absolute Gasteiger partial charge is 0.264 e. The van der Waals surface area contributed by atoms with Crippen LogP contribution in [0.2, 0.25) is 10.0 Å². The third kappa shape index (κ3) is 6.19. The second kappa shape index (κ2) is 10.4. The van der Waals surface area contributed by atoms with Crippen molar-refractivity contribution >= 4 is 60.5 Å². The molecule has 0 radical (unpaired) electrons. The molecule has 36 heavy (non-hydrogen) atoms. The Hall–Kier alpha value is -2.63. The fraction of sp³-hybridized carbons (Fsp3) is 0.208. The number of hydrogen-bond acceptors (Lipinski definition) is 5. The molecule has 4 rings (SSSR count). The van der Waals surface area contributed by atoms with Gasteiger partial charge in [0, 0.05) is 28.7 Å². The molecular formula is C24H23Cl2N3O5S2. The summed E-state index contributed by atoms with van der Waals surface area (Å²) in [6, 6.07) is 16.7. The summed E-state index contributed by atoms with van der Waals surface area (Å²) in [5.41, 5.74) is 2.29. The van der Waals surface area contributed by atoms with Crippen molar-refractivity contribution < 1.29 is 21.6 Å². The Morgan fingerprint density at radius 2 is 1.56 bits per heavy atom. The van der Waals surface area contributed by atoms with E-state index in [-0.39, 0.29) is 17.9 Å². The summed E-state index contributed by atoms with van der Waals surface area (Å²) in [4.78, 5) is 13.0. The second-order valence-corrected chi connectivity index (χ2v) is 12.9. The maximum atomic E-state index is 13.2. The molecule has 3 aromatic carbocycles. The van der Waals surface area contributed by atoms with E-state index >= 15 is 0 Å². The number of sulfonamides is 2. The molecule has 1 amide bonds. The Bertz CT molecular complexity index is 1490. The molecule has 1 atom stereocenters. The van der Waals surface area contributed by atoms with Crippen molar-refractivity contribution in [1.82, 2.24) is 4.72 Å². The number of anilines is 2. The first-order valence-electron chi connectivity index (χ1n) is 10.9. The Balaban J connectivity index is 1.54. The molecule has 0 saturated carbocycles. The number of hydrogen-bond donors (Lipinski definition) is 2. The summed E-state index contributed by atoms with van der Waals surface area (Å²) < 4.78 is 54.0. The fourth-order valence-corrected chi connectivity index (χ4v) is 6.47. The van der Waals surface area contributed by atoms with Gasteiger partial charge < -0.3 is 5.32 Å². The number of nitrogens with zero attached hydrogens (tertiary/aromatic N) is 1. The molecule has 1 aliphatic rings. The van der Waals surface area contributed by atoms with Crippen LogP contribution in [-0.4, -0.2) is 35.5 Å². The van der Waals surface area contributed by atoms with Gasteiger partial charge in [-0.05, 0) is 66.1 Å². The van der Waals surface area contributed by atoms with E-state index in [4.69, 9.17) is 23.2 Å². The lowest BCUT2D eigenvalue weighted by atomic mass is 10.0. The predicted octanol–water partition coefficient (Wildman–Crippen LogP) is 4.36. The molecule has 0 spiro atoms. The molecule has 0 aliphatic carbocycles. The molecule has 0 bridgehead atoms. The van der Waals surface area contributed by atoms with E-state index in [2.05, 4.69) is 10.0 Å². The zero-order valence-electron chi connectivity index (χ0n) is 19.1. The molecule has 1 heterocycles. The highest BCUT2D eigenvalue weighted by Crippen LogP contribution is 2.35. The second-order valence-electron chi connectivity index (χ2n) is 8.37. The van der Waals surface area contributed by atoms with Crippen molar-refractivity contribution in [1.29, 1.82) is 0 Å². The van der Waals surface area contributed by atoms with E-state index < -0.39 is 32.0 Å². The van der Waals surface area contributed by atoms with Gasteiger partial charge in [-0.2, -0.15) is 0 Å². The highest BCUT2D eigenvalue weighted by molar-refractivity contribution is 7.92. The van der Waals surface area contributed by atoms with Gasteiger partial charge in [0.25, 0.3) is 10.0 Å². The summed E-state index contributed by atoms with van der Waals surface area (Å²) in [7, 11) is -7.42. The molecule has 0 aromatic heterocycles. The van der Waals surface area contributed by atoms with Gasteiger partial charge in [-0.3, -0.25) is 9.10 Å². The van der Waals surface area contributed by atoms with E-state index in [1.165, 1.54) is 28.6 Å². The van der Waals surface area contributed by atoms with E-state index in [0.29, 0.717) is 33.4 Å². The van der Waals surface area contributed by atoms with Crippen molar-refractivity contribution in [3.05, 3.63) is 87.9 Å². The third-order valence-corrected chi connectivity index (χ3v) is 8.69. The molecule has 3 aromatic rings. The Labute approximate surface area is 220 Å². The molecule has 1 unspecified atom stereocenters. The van der Waals surface area contributed by atoms with E-state index in [1.54, 1.807) is 42.5 Å². The van der Waals surface area contributed by atoms with Crippen LogP contribution in [0.25, 0.3) is 0 Å². The number of benzene rings is 3. The van der Waals surface area contributed by atoms with Gasteiger partial charge in [-0.15, -0.1) is 0 Å². The van der Waals surface area contributed by atoms with Gasteiger partial charge in [-0.25, -0.2) is 21.6 Å². The minimum Gasteiger partial charge on any atom is -0.326 e. The average Bonchev–Trinajstić information content (AvgIpc) is 3.22. The SMILES string of the molecule is CS(=O)(=O)NC(CC(=O)Nc1ccc2c(c1)N(S(=O)(=O)c1ccc(Cl)cc1)CC2)c1ccc(Cl)cc1. The molecule has 1 aliphatic heterocycles. The molecule has 2 N–H and O–H groups in total. The predicted molar refractivity (Wildman–Crippen MR) is 142 cm³/mol. The highest BCUT2D eigenvalue weighted by atomic mass is 35.5. The lowest BCUT2D eigenvalue weighted by Crippen LogP contribution is -2.31. The highest BCUT2D eigenvalue weighted by Gasteiger charge is 2.31. The molecule has 0 saturated heterocycles. The lowest BCUT2D eigenvalue weighted by molar-refractivity contribution is -0.116. The number of rotatable bonds is 8. The van der Waals surface area contributed by atoms with Gasteiger partial charge in [0.1, 0.15) is 0 Å². The average molecular weight is 569 g/mol. The Morgan fingerprint density at radius 3 is 2.17 bits per heavy atom. The first-order chi connectivity index (χ1) is 16.9. The molecule has 190 valence electrons. The first kappa shape index (κ1) is 26.4. The van der Waals surface area contributed by atoms with Gasteiger partial charge in [0.05, 0.1) is 22.9 Å². The molecule has 8 nitrogen and oxygen atoms in total. The maximum absolute atomic E-state index is 13.2. The van der Waals surface area contributed by atoms with Crippen LogP contribution in [0, 0.1) is 0 Å². The number of carbonyl (C=O) groups excluding carboxylic acids is 1. The number of nitrogens with one attached hydrogen (secondary N) is 2. The monoisotopic (exact) mass is 567 g/mol. The zero-order valence-corrected chi connectivity index (χ0v) is 22.3. The standard InChI is InChI=1S/C24H23Cl2N3O5S2/c1-35(31,32)28-22(16-2-5-18(25)6-3-16)15-24(30)27-20-9-4-17-12-13-29(23(17)14-20)36(33,34)21-10-7-19(26)8-11-21/h2-11,14,22,28H,12-13,15H2,1H3,(H,27,30). The minimum atomic E-state index is -3.82. The fourth-order valence-electron chi connectivity index (χ4n) is 3.99. The topological polar surface area (TPSA) is 113 Å². The van der Waals surface area contributed by atoms with Crippen LogP contribution >= 0.6 is 23.2 Å². The summed E-state index contributed by atoms with van der Waals surface area (Å²) in [6.07, 6.45) is 1.37. The maximum Gasteiger partial charge on any atom is 0.264 e. The Kier molecular flexibility index (Phi) is 7.63. The van der Waals surface area contributed by atoms with Gasteiger partial charge in [0.15, 0.2) is 0 Å². The van der Waals surface area contributed by atoms with Crippen molar-refractivity contribution in [2.24, 2.45) is 0 Å². The van der Waals surface area contributed by atoms with Crippen LogP contribution in [0.4, 0.5) is 11.4 Å². The largest absolute Gasteiger partial charge is 0.326 e. The van der Waals surface area contributed by atoms with E-state index in [0.717, 1.165) is 11.8 Å². The van der Waals surface area contributed by atoms with Gasteiger partial charge >= 0.3 is 0 Å². The molecule has 0 fully saturated rings. The first-order valence-corrected chi connectivity index (χ1v) is 14.9. The van der Waals surface area contributed by atoms with Gasteiger partial charge in [0.2, 0.25) is 15.9 Å². The minimum absolute atomic E-state index is 0.117. The normalized spacial score (nSPS) is 14.4. The zero-order chi connectivity index (χ0) is 26.1. The lowest BCUT2D eigenvalue weighted by Gasteiger charge is -2.21. The number of halogens is 2. The summed E-state index contributed by atoms with van der Waals surface area (Å²) >= 11 is 11.8. The summed E-state index contributed by atoms with van der Waals surface area (Å²) in [5.74, 6) is -0.448. The van der Waals surface area contributed by atoms with Crippen LogP contribution in [0.3, 0.4) is 0 Å². The molecule has 12 heteroatoms. The van der Waals surface area contributed by atoms with Crippen LogP contribution in [0.5, 0.6) is 0 Å². The molecular weight excluding hydrogens is 545 g/mol. The van der Waals surface area contributed by atoms with Crippen LogP contribution < -0.4 is 14.3 Å². The van der Waals surface area contributed by atoms with Crippen molar-refractivity contribution in [3.63, 3.8) is 0 Å². The third-order valence-electron chi connectivity index (χ3n) is 5.64. The number of carbonyl (C=O) groups is 1.